The van der Waals surface area contributed by atoms with Gasteiger partial charge in [0.1, 0.15) is 5.69 Å². The molecule has 0 atom stereocenters. The van der Waals surface area contributed by atoms with Gasteiger partial charge in [-0.05, 0) is 18.6 Å². The Morgan fingerprint density at radius 3 is 2.52 bits per heavy atom. The van der Waals surface area contributed by atoms with E-state index < -0.39 is 5.92 Å². The Balaban J connectivity index is 1.92. The summed E-state index contributed by atoms with van der Waals surface area (Å²) in [6, 6.07) is 7.76. The van der Waals surface area contributed by atoms with Crippen molar-refractivity contribution in [1.82, 2.24) is 9.47 Å². The van der Waals surface area contributed by atoms with Gasteiger partial charge < -0.3 is 9.47 Å². The lowest BCUT2D eigenvalue weighted by Crippen LogP contribution is -2.43. The third kappa shape index (κ3) is 2.41. The van der Waals surface area contributed by atoms with Crippen molar-refractivity contribution in [3.05, 3.63) is 35.5 Å². The summed E-state index contributed by atoms with van der Waals surface area (Å²) >= 11 is 0. The number of fused-ring (bicyclic) bond motifs is 1. The molecule has 0 spiro atoms. The van der Waals surface area contributed by atoms with E-state index in [4.69, 9.17) is 0 Å². The Morgan fingerprint density at radius 2 is 1.90 bits per heavy atom. The molecule has 1 aromatic heterocycles. The number of benzene rings is 1. The molecule has 1 aliphatic heterocycles. The first-order chi connectivity index (χ1) is 9.89. The smallest absolute Gasteiger partial charge is 0.270 e. The molecule has 2 aromatic rings. The van der Waals surface area contributed by atoms with E-state index in [2.05, 4.69) is 0 Å². The van der Waals surface area contributed by atoms with Crippen LogP contribution in [0.25, 0.3) is 10.9 Å². The first-order valence-electron chi connectivity index (χ1n) is 7.11. The van der Waals surface area contributed by atoms with Crippen molar-refractivity contribution in [3.63, 3.8) is 0 Å². The fraction of sp³-hybridized carbons (Fsp3) is 0.438. The normalized spacial score (nSPS) is 18.2. The number of aryl methyl sites for hydroxylation is 2. The molecule has 3 nitrogen and oxygen atoms in total. The van der Waals surface area contributed by atoms with Crippen molar-refractivity contribution in [2.45, 2.75) is 25.7 Å². The summed E-state index contributed by atoms with van der Waals surface area (Å²) in [7, 11) is 1.85. The summed E-state index contributed by atoms with van der Waals surface area (Å²) in [4.78, 5) is 14.1. The number of piperidine rings is 1. The minimum Gasteiger partial charge on any atom is -0.339 e. The summed E-state index contributed by atoms with van der Waals surface area (Å²) in [5.74, 6) is -2.80. The molecular weight excluding hydrogens is 274 g/mol. The molecule has 1 saturated heterocycles. The highest BCUT2D eigenvalue weighted by Gasteiger charge is 2.36. The van der Waals surface area contributed by atoms with Crippen LogP contribution < -0.4 is 0 Å². The zero-order valence-corrected chi connectivity index (χ0v) is 12.2. The highest BCUT2D eigenvalue weighted by Crippen LogP contribution is 2.29. The molecule has 0 radical (unpaired) electrons. The monoisotopic (exact) mass is 292 g/mol. The number of aromatic nitrogens is 1. The number of alkyl halides is 2. The van der Waals surface area contributed by atoms with Gasteiger partial charge in [0.05, 0.1) is 5.52 Å². The van der Waals surface area contributed by atoms with Gasteiger partial charge in [0.25, 0.3) is 11.8 Å². The summed E-state index contributed by atoms with van der Waals surface area (Å²) < 4.78 is 28.3. The largest absolute Gasteiger partial charge is 0.339 e. The molecule has 3 rings (SSSR count). The number of para-hydroxylation sites is 1. The number of hydrogen-bond acceptors (Lipinski definition) is 1. The maximum absolute atomic E-state index is 13.2. The summed E-state index contributed by atoms with van der Waals surface area (Å²) in [6.07, 6.45) is -0.497. The van der Waals surface area contributed by atoms with E-state index in [0.29, 0.717) is 5.69 Å². The van der Waals surface area contributed by atoms with Crippen LogP contribution in [0.4, 0.5) is 8.78 Å². The van der Waals surface area contributed by atoms with Crippen molar-refractivity contribution in [3.8, 4) is 0 Å². The van der Waals surface area contributed by atoms with Crippen molar-refractivity contribution < 1.29 is 13.6 Å². The predicted octanol–water partition coefficient (Wildman–Crippen LogP) is 3.36. The van der Waals surface area contributed by atoms with Crippen molar-refractivity contribution in [2.24, 2.45) is 7.05 Å². The molecule has 5 heteroatoms. The zero-order valence-electron chi connectivity index (χ0n) is 12.2. The molecule has 0 unspecified atom stereocenters. The van der Waals surface area contributed by atoms with Crippen LogP contribution in [0, 0.1) is 6.92 Å². The molecule has 0 N–H and O–H groups in total. The van der Waals surface area contributed by atoms with Crippen LogP contribution in [0.15, 0.2) is 24.3 Å². The van der Waals surface area contributed by atoms with E-state index >= 15 is 0 Å². The second kappa shape index (κ2) is 4.83. The van der Waals surface area contributed by atoms with Gasteiger partial charge >= 0.3 is 0 Å². The van der Waals surface area contributed by atoms with Gasteiger partial charge in [-0.15, -0.1) is 0 Å². The molecule has 0 saturated carbocycles. The van der Waals surface area contributed by atoms with Gasteiger partial charge in [0.15, 0.2) is 0 Å². The van der Waals surface area contributed by atoms with Crippen LogP contribution in [0.2, 0.25) is 0 Å². The Kier molecular flexibility index (Phi) is 3.23. The molecule has 21 heavy (non-hydrogen) atoms. The van der Waals surface area contributed by atoms with E-state index in [1.807, 2.05) is 42.8 Å². The number of carbonyl (C=O) groups is 1. The molecule has 1 amide bonds. The first kappa shape index (κ1) is 14.0. The zero-order chi connectivity index (χ0) is 15.2. The van der Waals surface area contributed by atoms with Gasteiger partial charge in [0.2, 0.25) is 0 Å². The number of nitrogens with zero attached hydrogens (tertiary/aromatic N) is 2. The van der Waals surface area contributed by atoms with E-state index in [0.717, 1.165) is 16.5 Å². The Morgan fingerprint density at radius 1 is 1.24 bits per heavy atom. The third-order valence-electron chi connectivity index (χ3n) is 4.26. The van der Waals surface area contributed by atoms with Crippen molar-refractivity contribution in [1.29, 1.82) is 0 Å². The average molecular weight is 292 g/mol. The maximum atomic E-state index is 13.2. The summed E-state index contributed by atoms with van der Waals surface area (Å²) in [6.45, 7) is 2.23. The van der Waals surface area contributed by atoms with Crippen LogP contribution in [-0.2, 0) is 7.05 Å². The van der Waals surface area contributed by atoms with Crippen molar-refractivity contribution in [2.75, 3.05) is 13.1 Å². The fourth-order valence-electron chi connectivity index (χ4n) is 3.03. The SMILES string of the molecule is Cc1cccc2cc(C(=O)N3CCC(F)(F)CC3)n(C)c12. The van der Waals surface area contributed by atoms with Crippen LogP contribution >= 0.6 is 0 Å². The van der Waals surface area contributed by atoms with Gasteiger partial charge in [-0.25, -0.2) is 8.78 Å². The molecule has 1 fully saturated rings. The number of likely N-dealkylation sites (tertiary alicyclic amines) is 1. The predicted molar refractivity (Wildman–Crippen MR) is 77.7 cm³/mol. The van der Waals surface area contributed by atoms with Crippen LogP contribution in [-0.4, -0.2) is 34.4 Å². The first-order valence-corrected chi connectivity index (χ1v) is 7.11. The standard InChI is InChI=1S/C16H18F2N2O/c1-11-4-3-5-12-10-13(19(2)14(11)12)15(21)20-8-6-16(17,18)7-9-20/h3-5,10H,6-9H2,1-2H3. The molecule has 1 aromatic carbocycles. The lowest BCUT2D eigenvalue weighted by molar-refractivity contribution is -0.0495. The Labute approximate surface area is 122 Å². The van der Waals surface area contributed by atoms with Crippen LogP contribution in [0.1, 0.15) is 28.9 Å². The molecular formula is C16H18F2N2O. The molecule has 1 aliphatic rings. The van der Waals surface area contributed by atoms with Crippen LogP contribution in [0.5, 0.6) is 0 Å². The second-order valence-corrected chi connectivity index (χ2v) is 5.75. The number of amides is 1. The van der Waals surface area contributed by atoms with Crippen molar-refractivity contribution >= 4 is 16.8 Å². The topological polar surface area (TPSA) is 25.2 Å². The molecule has 0 aliphatic carbocycles. The lowest BCUT2D eigenvalue weighted by Gasteiger charge is -2.31. The fourth-order valence-corrected chi connectivity index (χ4v) is 3.03. The summed E-state index contributed by atoms with van der Waals surface area (Å²) in [5, 5.41) is 1.00. The van der Waals surface area contributed by atoms with Gasteiger partial charge in [-0.2, -0.15) is 0 Å². The van der Waals surface area contributed by atoms with Gasteiger partial charge in [-0.3, -0.25) is 4.79 Å². The maximum Gasteiger partial charge on any atom is 0.270 e. The number of carbonyl (C=O) groups excluding carboxylic acids is 1. The highest BCUT2D eigenvalue weighted by atomic mass is 19.3. The summed E-state index contributed by atoms with van der Waals surface area (Å²) in [5.41, 5.74) is 2.67. The average Bonchev–Trinajstić information content (AvgIpc) is 2.77. The minimum atomic E-state index is -2.63. The Hall–Kier alpha value is -1.91. The number of halogens is 2. The molecule has 2 heterocycles. The van der Waals surface area contributed by atoms with E-state index in [1.165, 1.54) is 4.90 Å². The second-order valence-electron chi connectivity index (χ2n) is 5.75. The number of hydrogen-bond donors (Lipinski definition) is 0. The van der Waals surface area contributed by atoms with Gasteiger partial charge in [0, 0.05) is 38.4 Å². The van der Waals surface area contributed by atoms with E-state index in [-0.39, 0.29) is 31.8 Å². The molecule has 0 bridgehead atoms. The highest BCUT2D eigenvalue weighted by molar-refractivity contribution is 5.99. The van der Waals surface area contributed by atoms with Gasteiger partial charge in [-0.1, -0.05) is 18.2 Å². The van der Waals surface area contributed by atoms with Crippen LogP contribution in [0.3, 0.4) is 0 Å². The van der Waals surface area contributed by atoms with E-state index in [9.17, 15) is 13.6 Å². The third-order valence-corrected chi connectivity index (χ3v) is 4.26. The lowest BCUT2D eigenvalue weighted by atomic mass is 10.1. The molecule has 112 valence electrons. The minimum absolute atomic E-state index is 0.117. The van der Waals surface area contributed by atoms with E-state index in [1.54, 1.807) is 0 Å². The Bertz CT molecular complexity index is 696. The quantitative estimate of drug-likeness (QED) is 0.791. The number of rotatable bonds is 1.